The number of hydrogen-bond donors (Lipinski definition) is 1. The van der Waals surface area contributed by atoms with Gasteiger partial charge in [0, 0.05) is 4.88 Å². The van der Waals surface area contributed by atoms with Gasteiger partial charge in [-0.15, -0.1) is 11.3 Å². The highest BCUT2D eigenvalue weighted by molar-refractivity contribution is 7.16. The lowest BCUT2D eigenvalue weighted by atomic mass is 10.2. The van der Waals surface area contributed by atoms with Crippen molar-refractivity contribution in [2.75, 3.05) is 11.9 Å². The summed E-state index contributed by atoms with van der Waals surface area (Å²) in [6.45, 7) is 6.11. The molecule has 0 saturated heterocycles. The van der Waals surface area contributed by atoms with Crippen molar-refractivity contribution in [2.45, 2.75) is 20.8 Å². The zero-order valence-corrected chi connectivity index (χ0v) is 12.1. The lowest BCUT2D eigenvalue weighted by Crippen LogP contribution is -2.19. The molecule has 0 atom stereocenters. The summed E-state index contributed by atoms with van der Waals surface area (Å²) in [6, 6.07) is 9.62. The van der Waals surface area contributed by atoms with Crippen LogP contribution in [0.2, 0.25) is 0 Å². The van der Waals surface area contributed by atoms with Gasteiger partial charge in [-0.05, 0) is 44.5 Å². The summed E-state index contributed by atoms with van der Waals surface area (Å²) >= 11 is 1.58. The van der Waals surface area contributed by atoms with Crippen LogP contribution in [0.4, 0.5) is 5.00 Å². The van der Waals surface area contributed by atoms with Gasteiger partial charge in [0.1, 0.15) is 5.75 Å². The lowest BCUT2D eigenvalue weighted by Gasteiger charge is -2.06. The second kappa shape index (κ2) is 5.89. The monoisotopic (exact) mass is 275 g/mol. The Morgan fingerprint density at radius 1 is 1.21 bits per heavy atom. The fourth-order valence-corrected chi connectivity index (χ4v) is 2.54. The Hall–Kier alpha value is -1.81. The van der Waals surface area contributed by atoms with E-state index >= 15 is 0 Å². The summed E-state index contributed by atoms with van der Waals surface area (Å²) < 4.78 is 5.42. The third kappa shape index (κ3) is 3.83. The molecule has 4 heteroatoms. The Kier molecular flexibility index (Phi) is 4.22. The number of nitrogens with one attached hydrogen (secondary N) is 1. The molecule has 0 bridgehead atoms. The number of amides is 1. The largest absolute Gasteiger partial charge is 0.484 e. The minimum absolute atomic E-state index is 0.0268. The number of benzene rings is 1. The van der Waals surface area contributed by atoms with Gasteiger partial charge < -0.3 is 10.1 Å². The second-order valence-electron chi connectivity index (χ2n) is 4.50. The minimum atomic E-state index is -0.137. The van der Waals surface area contributed by atoms with Crippen molar-refractivity contribution in [3.8, 4) is 5.75 Å². The van der Waals surface area contributed by atoms with Crippen LogP contribution in [-0.4, -0.2) is 12.5 Å². The second-order valence-corrected chi connectivity index (χ2v) is 5.76. The molecule has 0 aliphatic heterocycles. The first-order valence-corrected chi connectivity index (χ1v) is 6.92. The van der Waals surface area contributed by atoms with Crippen LogP contribution >= 0.6 is 11.3 Å². The number of aryl methyl sites for hydroxylation is 3. The van der Waals surface area contributed by atoms with Crippen molar-refractivity contribution in [3.05, 3.63) is 46.3 Å². The van der Waals surface area contributed by atoms with Crippen LogP contribution in [-0.2, 0) is 4.79 Å². The van der Waals surface area contributed by atoms with Gasteiger partial charge in [0.2, 0.25) is 0 Å². The van der Waals surface area contributed by atoms with E-state index in [2.05, 4.69) is 5.32 Å². The summed E-state index contributed by atoms with van der Waals surface area (Å²) in [5, 5.41) is 3.71. The molecule has 0 fully saturated rings. The highest BCUT2D eigenvalue weighted by Crippen LogP contribution is 2.25. The van der Waals surface area contributed by atoms with Crippen molar-refractivity contribution in [2.24, 2.45) is 0 Å². The topological polar surface area (TPSA) is 38.3 Å². The van der Waals surface area contributed by atoms with Gasteiger partial charge in [-0.3, -0.25) is 4.79 Å². The quantitative estimate of drug-likeness (QED) is 0.924. The smallest absolute Gasteiger partial charge is 0.262 e. The molecule has 0 aliphatic rings. The number of carbonyl (C=O) groups is 1. The molecule has 0 unspecified atom stereocenters. The first kappa shape index (κ1) is 13.6. The van der Waals surface area contributed by atoms with Crippen LogP contribution in [0.5, 0.6) is 5.75 Å². The maximum atomic E-state index is 11.7. The molecular weight excluding hydrogens is 258 g/mol. The van der Waals surface area contributed by atoms with Gasteiger partial charge in [-0.2, -0.15) is 0 Å². The number of rotatable bonds is 4. The predicted molar refractivity (Wildman–Crippen MR) is 79.1 cm³/mol. The van der Waals surface area contributed by atoms with Crippen LogP contribution in [0.15, 0.2) is 30.3 Å². The zero-order chi connectivity index (χ0) is 13.8. The molecule has 1 N–H and O–H groups in total. The molecular formula is C15H17NO2S. The number of thiophene rings is 1. The Labute approximate surface area is 117 Å². The van der Waals surface area contributed by atoms with E-state index in [-0.39, 0.29) is 12.5 Å². The maximum absolute atomic E-state index is 11.7. The molecule has 1 aromatic heterocycles. The van der Waals surface area contributed by atoms with Crippen LogP contribution < -0.4 is 10.1 Å². The highest BCUT2D eigenvalue weighted by Gasteiger charge is 2.07. The minimum Gasteiger partial charge on any atom is -0.484 e. The molecule has 1 heterocycles. The van der Waals surface area contributed by atoms with Crippen molar-refractivity contribution in [1.82, 2.24) is 0 Å². The first-order chi connectivity index (χ1) is 9.04. The molecule has 0 aliphatic carbocycles. The SMILES string of the molecule is Cc1ccc(OCC(=O)Nc2cc(C)c(C)s2)cc1. The molecule has 2 aromatic rings. The average Bonchev–Trinajstić information content (AvgIpc) is 2.67. The molecule has 1 aromatic carbocycles. The van der Waals surface area contributed by atoms with E-state index in [1.807, 2.05) is 51.1 Å². The highest BCUT2D eigenvalue weighted by atomic mass is 32.1. The first-order valence-electron chi connectivity index (χ1n) is 6.11. The molecule has 2 rings (SSSR count). The molecule has 1 amide bonds. The molecule has 3 nitrogen and oxygen atoms in total. The summed E-state index contributed by atoms with van der Waals surface area (Å²) in [6.07, 6.45) is 0. The Morgan fingerprint density at radius 2 is 1.89 bits per heavy atom. The van der Waals surface area contributed by atoms with Crippen molar-refractivity contribution in [1.29, 1.82) is 0 Å². The van der Waals surface area contributed by atoms with E-state index in [0.717, 1.165) is 5.00 Å². The number of hydrogen-bond acceptors (Lipinski definition) is 3. The molecule has 19 heavy (non-hydrogen) atoms. The van der Waals surface area contributed by atoms with E-state index in [1.54, 1.807) is 11.3 Å². The lowest BCUT2D eigenvalue weighted by molar-refractivity contribution is -0.118. The van der Waals surface area contributed by atoms with Crippen LogP contribution in [0.25, 0.3) is 0 Å². The van der Waals surface area contributed by atoms with E-state index in [9.17, 15) is 4.79 Å². The Balaban J connectivity index is 1.86. The van der Waals surface area contributed by atoms with Gasteiger partial charge in [0.25, 0.3) is 5.91 Å². The fraction of sp³-hybridized carbons (Fsp3) is 0.267. The number of ether oxygens (including phenoxy) is 1. The summed E-state index contributed by atoms with van der Waals surface area (Å²) in [5.41, 5.74) is 2.36. The number of carbonyl (C=O) groups excluding carboxylic acids is 1. The standard InChI is InChI=1S/C15H17NO2S/c1-10-4-6-13(7-5-10)18-9-14(17)16-15-8-11(2)12(3)19-15/h4-8H,9H2,1-3H3,(H,16,17). The Morgan fingerprint density at radius 3 is 2.47 bits per heavy atom. The van der Waals surface area contributed by atoms with E-state index in [1.165, 1.54) is 16.0 Å². The van der Waals surface area contributed by atoms with Crippen LogP contribution in [0, 0.1) is 20.8 Å². The van der Waals surface area contributed by atoms with E-state index < -0.39 is 0 Å². The van der Waals surface area contributed by atoms with Gasteiger partial charge >= 0.3 is 0 Å². The summed E-state index contributed by atoms with van der Waals surface area (Å²) in [4.78, 5) is 13.0. The Bertz CT molecular complexity index is 553. The predicted octanol–water partition coefficient (Wildman–Crippen LogP) is 3.69. The molecule has 100 valence electrons. The zero-order valence-electron chi connectivity index (χ0n) is 11.3. The van der Waals surface area contributed by atoms with E-state index in [0.29, 0.717) is 5.75 Å². The van der Waals surface area contributed by atoms with Gasteiger partial charge in [-0.1, -0.05) is 17.7 Å². The molecule has 0 saturated carbocycles. The third-order valence-electron chi connectivity index (χ3n) is 2.82. The fourth-order valence-electron chi connectivity index (χ4n) is 1.59. The van der Waals surface area contributed by atoms with Crippen molar-refractivity contribution in [3.63, 3.8) is 0 Å². The number of anilines is 1. The van der Waals surface area contributed by atoms with Gasteiger partial charge in [-0.25, -0.2) is 0 Å². The van der Waals surface area contributed by atoms with Gasteiger partial charge in [0.05, 0.1) is 5.00 Å². The van der Waals surface area contributed by atoms with Gasteiger partial charge in [0.15, 0.2) is 6.61 Å². The van der Waals surface area contributed by atoms with Crippen molar-refractivity contribution >= 4 is 22.2 Å². The normalized spacial score (nSPS) is 10.3. The average molecular weight is 275 g/mol. The third-order valence-corrected chi connectivity index (χ3v) is 3.89. The van der Waals surface area contributed by atoms with Crippen molar-refractivity contribution < 1.29 is 9.53 Å². The van der Waals surface area contributed by atoms with Crippen LogP contribution in [0.1, 0.15) is 16.0 Å². The summed E-state index contributed by atoms with van der Waals surface area (Å²) in [7, 11) is 0. The molecule has 0 radical (unpaired) electrons. The van der Waals surface area contributed by atoms with E-state index in [4.69, 9.17) is 4.74 Å². The summed E-state index contributed by atoms with van der Waals surface area (Å²) in [5.74, 6) is 0.570. The molecule has 0 spiro atoms. The van der Waals surface area contributed by atoms with Crippen LogP contribution in [0.3, 0.4) is 0 Å². The maximum Gasteiger partial charge on any atom is 0.262 e.